The van der Waals surface area contributed by atoms with Crippen LogP contribution >= 0.6 is 0 Å². The van der Waals surface area contributed by atoms with Gasteiger partial charge >= 0.3 is 0 Å². The molecule has 4 nitrogen and oxygen atoms in total. The molecular formula is C19H18F2N2O2. The first-order valence-electron chi connectivity index (χ1n) is 7.97. The van der Waals surface area contributed by atoms with Gasteiger partial charge in [-0.1, -0.05) is 17.7 Å². The summed E-state index contributed by atoms with van der Waals surface area (Å²) in [7, 11) is 0. The highest BCUT2D eigenvalue weighted by atomic mass is 19.2. The minimum Gasteiger partial charge on any atom is -0.325 e. The van der Waals surface area contributed by atoms with Gasteiger partial charge in [-0.15, -0.1) is 0 Å². The van der Waals surface area contributed by atoms with Crippen molar-refractivity contribution in [3.8, 4) is 0 Å². The highest BCUT2D eigenvalue weighted by molar-refractivity contribution is 6.17. The maximum absolute atomic E-state index is 13.3. The van der Waals surface area contributed by atoms with E-state index in [1.165, 1.54) is 6.07 Å². The van der Waals surface area contributed by atoms with Gasteiger partial charge in [-0.25, -0.2) is 8.78 Å². The van der Waals surface area contributed by atoms with Crippen LogP contribution in [-0.4, -0.2) is 11.8 Å². The van der Waals surface area contributed by atoms with Gasteiger partial charge in [0.1, 0.15) is 5.41 Å². The van der Waals surface area contributed by atoms with E-state index in [2.05, 4.69) is 10.6 Å². The molecule has 1 fully saturated rings. The first-order valence-corrected chi connectivity index (χ1v) is 7.97. The number of hydrogen-bond donors (Lipinski definition) is 2. The molecule has 0 radical (unpaired) electrons. The number of rotatable bonds is 4. The van der Waals surface area contributed by atoms with Gasteiger partial charge in [-0.05, 0) is 50.5 Å². The van der Waals surface area contributed by atoms with E-state index in [1.54, 1.807) is 6.07 Å². The Labute approximate surface area is 144 Å². The number of benzene rings is 2. The lowest BCUT2D eigenvalue weighted by atomic mass is 10.0. The van der Waals surface area contributed by atoms with Crippen molar-refractivity contribution >= 4 is 23.2 Å². The summed E-state index contributed by atoms with van der Waals surface area (Å²) in [6.45, 7) is 3.83. The minimum absolute atomic E-state index is 0.120. The van der Waals surface area contributed by atoms with Crippen LogP contribution in [0.2, 0.25) is 0 Å². The van der Waals surface area contributed by atoms with E-state index in [9.17, 15) is 18.4 Å². The van der Waals surface area contributed by atoms with Crippen LogP contribution in [0.5, 0.6) is 0 Å². The first kappa shape index (κ1) is 17.1. The Balaban J connectivity index is 1.73. The fourth-order valence-corrected chi connectivity index (χ4v) is 2.70. The van der Waals surface area contributed by atoms with Crippen molar-refractivity contribution in [3.05, 3.63) is 59.2 Å². The van der Waals surface area contributed by atoms with E-state index in [0.717, 1.165) is 23.3 Å². The number of amides is 2. The van der Waals surface area contributed by atoms with E-state index >= 15 is 0 Å². The molecule has 3 rings (SSSR count). The highest BCUT2D eigenvalue weighted by Crippen LogP contribution is 2.47. The Morgan fingerprint density at radius 1 is 0.920 bits per heavy atom. The maximum Gasteiger partial charge on any atom is 0.240 e. The average Bonchev–Trinajstić information content (AvgIpc) is 3.35. The second-order valence-electron chi connectivity index (χ2n) is 6.44. The van der Waals surface area contributed by atoms with Crippen LogP contribution in [0.4, 0.5) is 20.2 Å². The lowest BCUT2D eigenvalue weighted by Crippen LogP contribution is -2.35. The number of carbonyl (C=O) groups is 2. The third-order valence-corrected chi connectivity index (χ3v) is 4.43. The molecule has 2 amide bonds. The molecule has 0 aliphatic heterocycles. The molecule has 2 aromatic rings. The van der Waals surface area contributed by atoms with Gasteiger partial charge in [0.25, 0.3) is 0 Å². The van der Waals surface area contributed by atoms with Gasteiger partial charge < -0.3 is 10.6 Å². The molecular weight excluding hydrogens is 326 g/mol. The smallest absolute Gasteiger partial charge is 0.240 e. The molecule has 130 valence electrons. The van der Waals surface area contributed by atoms with E-state index in [-0.39, 0.29) is 11.6 Å². The molecule has 2 N–H and O–H groups in total. The third-order valence-electron chi connectivity index (χ3n) is 4.43. The molecule has 25 heavy (non-hydrogen) atoms. The maximum atomic E-state index is 13.3. The van der Waals surface area contributed by atoms with E-state index < -0.39 is 23.0 Å². The van der Waals surface area contributed by atoms with Crippen LogP contribution in [0.3, 0.4) is 0 Å². The van der Waals surface area contributed by atoms with Gasteiger partial charge in [0, 0.05) is 17.4 Å². The Bertz CT molecular complexity index is 860. The summed E-state index contributed by atoms with van der Waals surface area (Å²) in [5.74, 6) is -2.95. The van der Waals surface area contributed by atoms with E-state index in [4.69, 9.17) is 0 Å². The lowest BCUT2D eigenvalue weighted by molar-refractivity contribution is -0.131. The summed E-state index contributed by atoms with van der Waals surface area (Å²) < 4.78 is 26.2. The molecule has 0 aromatic heterocycles. The van der Waals surface area contributed by atoms with Crippen molar-refractivity contribution in [2.45, 2.75) is 26.7 Å². The quantitative estimate of drug-likeness (QED) is 0.826. The number of halogens is 2. The van der Waals surface area contributed by atoms with Gasteiger partial charge in [-0.3, -0.25) is 9.59 Å². The Morgan fingerprint density at radius 3 is 2.20 bits per heavy atom. The van der Waals surface area contributed by atoms with Crippen LogP contribution in [0.25, 0.3) is 0 Å². The van der Waals surface area contributed by atoms with Gasteiger partial charge in [-0.2, -0.15) is 0 Å². The number of anilines is 2. The molecule has 1 saturated carbocycles. The topological polar surface area (TPSA) is 58.2 Å². The Kier molecular flexibility index (Phi) is 4.29. The molecule has 1 aliphatic rings. The summed E-state index contributed by atoms with van der Waals surface area (Å²) in [5, 5.41) is 5.29. The zero-order valence-electron chi connectivity index (χ0n) is 14.0. The van der Waals surface area contributed by atoms with Crippen molar-refractivity contribution in [2.24, 2.45) is 5.41 Å². The zero-order valence-corrected chi connectivity index (χ0v) is 14.0. The van der Waals surface area contributed by atoms with Gasteiger partial charge in [0.2, 0.25) is 11.8 Å². The molecule has 6 heteroatoms. The summed E-state index contributed by atoms with van der Waals surface area (Å²) in [6, 6.07) is 8.70. The molecule has 0 unspecified atom stereocenters. The fourth-order valence-electron chi connectivity index (χ4n) is 2.70. The second kappa shape index (κ2) is 6.27. The molecule has 0 atom stereocenters. The largest absolute Gasteiger partial charge is 0.325 e. The summed E-state index contributed by atoms with van der Waals surface area (Å²) in [5.41, 5.74) is 1.59. The van der Waals surface area contributed by atoms with Crippen LogP contribution < -0.4 is 10.6 Å². The van der Waals surface area contributed by atoms with Crippen molar-refractivity contribution in [1.29, 1.82) is 0 Å². The van der Waals surface area contributed by atoms with Crippen LogP contribution in [-0.2, 0) is 9.59 Å². The lowest BCUT2D eigenvalue weighted by Gasteiger charge is -2.17. The van der Waals surface area contributed by atoms with Crippen molar-refractivity contribution < 1.29 is 18.4 Å². The Hall–Kier alpha value is -2.76. The first-order chi connectivity index (χ1) is 11.8. The van der Waals surface area contributed by atoms with Crippen molar-refractivity contribution in [1.82, 2.24) is 0 Å². The standard InChI is InChI=1S/C19H18F2N2O2/c1-11-3-6-16(12(2)9-11)23-18(25)19(7-8-19)17(24)22-13-4-5-14(20)15(21)10-13/h3-6,9-10H,7-8H2,1-2H3,(H,22,24)(H,23,25). The number of carbonyl (C=O) groups excluding carboxylic acids is 2. The predicted octanol–water partition coefficient (Wildman–Crippen LogP) is 3.94. The zero-order chi connectivity index (χ0) is 18.2. The monoisotopic (exact) mass is 344 g/mol. The van der Waals surface area contributed by atoms with Crippen LogP contribution in [0.1, 0.15) is 24.0 Å². The van der Waals surface area contributed by atoms with Crippen molar-refractivity contribution in [3.63, 3.8) is 0 Å². The minimum atomic E-state index is -1.16. The number of nitrogens with one attached hydrogen (secondary N) is 2. The normalized spacial score (nSPS) is 14.7. The summed E-state index contributed by atoms with van der Waals surface area (Å²) in [4.78, 5) is 25.1. The predicted molar refractivity (Wildman–Crippen MR) is 91.2 cm³/mol. The SMILES string of the molecule is Cc1ccc(NC(=O)C2(C(=O)Nc3ccc(F)c(F)c3)CC2)c(C)c1. The third kappa shape index (κ3) is 3.38. The molecule has 2 aromatic carbocycles. The highest BCUT2D eigenvalue weighted by Gasteiger charge is 2.56. The number of aryl methyl sites for hydroxylation is 2. The van der Waals surface area contributed by atoms with E-state index in [1.807, 2.05) is 26.0 Å². The summed E-state index contributed by atoms with van der Waals surface area (Å²) >= 11 is 0. The van der Waals surface area contributed by atoms with Crippen LogP contribution in [0, 0.1) is 30.9 Å². The van der Waals surface area contributed by atoms with Crippen molar-refractivity contribution in [2.75, 3.05) is 10.6 Å². The molecule has 1 aliphatic carbocycles. The Morgan fingerprint density at radius 2 is 1.60 bits per heavy atom. The summed E-state index contributed by atoms with van der Waals surface area (Å²) in [6.07, 6.45) is 0.832. The van der Waals surface area contributed by atoms with Crippen LogP contribution in [0.15, 0.2) is 36.4 Å². The molecule has 0 saturated heterocycles. The molecule has 0 bridgehead atoms. The second-order valence-corrected chi connectivity index (χ2v) is 6.44. The molecule has 0 spiro atoms. The van der Waals surface area contributed by atoms with Gasteiger partial charge in [0.05, 0.1) is 0 Å². The molecule has 0 heterocycles. The average molecular weight is 344 g/mol. The van der Waals surface area contributed by atoms with Gasteiger partial charge in [0.15, 0.2) is 11.6 Å². The fraction of sp³-hybridized carbons (Fsp3) is 0.263. The van der Waals surface area contributed by atoms with E-state index in [0.29, 0.717) is 18.5 Å². The number of hydrogen-bond acceptors (Lipinski definition) is 2.